The molecule has 1 aliphatic rings. The van der Waals surface area contributed by atoms with Crippen molar-refractivity contribution in [3.8, 4) is 5.75 Å². The first-order valence-corrected chi connectivity index (χ1v) is 10.4. The molecule has 4 rings (SSSR count). The summed E-state index contributed by atoms with van der Waals surface area (Å²) in [6.07, 6.45) is 0. The number of nitrogens with zero attached hydrogens (tertiary/aromatic N) is 2. The maximum Gasteiger partial charge on any atom is 0.325 e. The van der Waals surface area contributed by atoms with Crippen LogP contribution >= 0.6 is 0 Å². The molecule has 1 fully saturated rings. The minimum Gasteiger partial charge on any atom is -0.489 e. The van der Waals surface area contributed by atoms with E-state index in [1.165, 1.54) is 17.0 Å². The summed E-state index contributed by atoms with van der Waals surface area (Å²) < 4.78 is 18.9. The largest absolute Gasteiger partial charge is 0.489 e. The molecule has 0 aromatic heterocycles. The number of ether oxygens (including phenoxy) is 1. The highest BCUT2D eigenvalue weighted by molar-refractivity contribution is 5.96. The molecule has 0 unspecified atom stereocenters. The summed E-state index contributed by atoms with van der Waals surface area (Å²) in [6, 6.07) is 23.0. The van der Waals surface area contributed by atoms with Crippen LogP contribution in [0.1, 0.15) is 11.1 Å². The van der Waals surface area contributed by atoms with Gasteiger partial charge >= 0.3 is 6.03 Å². The molecule has 1 saturated heterocycles. The van der Waals surface area contributed by atoms with E-state index in [-0.39, 0.29) is 24.3 Å². The lowest BCUT2D eigenvalue weighted by Gasteiger charge is -2.18. The molecule has 1 N–H and O–H groups in total. The molecule has 0 aliphatic carbocycles. The molecule has 3 amide bonds. The molecule has 1 aliphatic heterocycles. The van der Waals surface area contributed by atoms with E-state index in [2.05, 4.69) is 5.32 Å². The van der Waals surface area contributed by atoms with Gasteiger partial charge < -0.3 is 15.0 Å². The van der Waals surface area contributed by atoms with Crippen LogP contribution in [0.5, 0.6) is 5.75 Å². The van der Waals surface area contributed by atoms with E-state index in [9.17, 15) is 14.0 Å². The van der Waals surface area contributed by atoms with Crippen molar-refractivity contribution in [1.29, 1.82) is 0 Å². The molecule has 0 atom stereocenters. The molecule has 3 aromatic carbocycles. The molecule has 7 heteroatoms. The van der Waals surface area contributed by atoms with Gasteiger partial charge in [-0.3, -0.25) is 9.69 Å². The van der Waals surface area contributed by atoms with Gasteiger partial charge in [-0.2, -0.15) is 0 Å². The van der Waals surface area contributed by atoms with E-state index < -0.39 is 0 Å². The van der Waals surface area contributed by atoms with E-state index >= 15 is 0 Å². The SMILES string of the molecule is O=C(CN1CCN(c2ccc(F)cc2)C1=O)NCc1ccc(OCc2ccccc2)cc1. The van der Waals surface area contributed by atoms with Crippen molar-refractivity contribution in [2.24, 2.45) is 0 Å². The van der Waals surface area contributed by atoms with Crippen molar-refractivity contribution in [3.05, 3.63) is 95.8 Å². The van der Waals surface area contributed by atoms with Crippen LogP contribution in [0.4, 0.5) is 14.9 Å². The molecule has 3 aromatic rings. The number of carbonyl (C=O) groups excluding carboxylic acids is 2. The van der Waals surface area contributed by atoms with Crippen LogP contribution in [-0.4, -0.2) is 36.5 Å². The lowest BCUT2D eigenvalue weighted by Crippen LogP contribution is -2.39. The fourth-order valence-electron chi connectivity index (χ4n) is 3.46. The summed E-state index contributed by atoms with van der Waals surface area (Å²) in [6.45, 7) is 1.74. The normalized spacial score (nSPS) is 13.3. The predicted molar refractivity (Wildman–Crippen MR) is 120 cm³/mol. The summed E-state index contributed by atoms with van der Waals surface area (Å²) in [7, 11) is 0. The molecule has 0 radical (unpaired) electrons. The number of carbonyl (C=O) groups is 2. The minimum absolute atomic E-state index is 0.0190. The summed E-state index contributed by atoms with van der Waals surface area (Å²) >= 11 is 0. The highest BCUT2D eigenvalue weighted by Crippen LogP contribution is 2.20. The van der Waals surface area contributed by atoms with Gasteiger partial charge in [-0.1, -0.05) is 42.5 Å². The zero-order valence-electron chi connectivity index (χ0n) is 17.5. The maximum absolute atomic E-state index is 13.1. The molecule has 0 spiro atoms. The number of rotatable bonds is 8. The molecule has 1 heterocycles. The van der Waals surface area contributed by atoms with Crippen LogP contribution in [0.25, 0.3) is 0 Å². The Morgan fingerprint density at radius 2 is 1.62 bits per heavy atom. The Labute approximate surface area is 186 Å². The van der Waals surface area contributed by atoms with Crippen molar-refractivity contribution in [2.45, 2.75) is 13.2 Å². The molecular formula is C25H24FN3O3. The second-order valence-corrected chi connectivity index (χ2v) is 7.53. The van der Waals surface area contributed by atoms with Crippen molar-refractivity contribution >= 4 is 17.6 Å². The molecule has 32 heavy (non-hydrogen) atoms. The van der Waals surface area contributed by atoms with Gasteiger partial charge in [-0.15, -0.1) is 0 Å². The number of benzene rings is 3. The first-order chi connectivity index (χ1) is 15.6. The third kappa shape index (κ3) is 5.43. The number of amides is 3. The predicted octanol–water partition coefficient (Wildman–Crippen LogP) is 3.96. The number of nitrogens with one attached hydrogen (secondary N) is 1. The van der Waals surface area contributed by atoms with Crippen molar-refractivity contribution in [3.63, 3.8) is 0 Å². The molecular weight excluding hydrogens is 409 g/mol. The summed E-state index contributed by atoms with van der Waals surface area (Å²) in [5.74, 6) is 0.170. The van der Waals surface area contributed by atoms with Crippen LogP contribution in [-0.2, 0) is 17.9 Å². The average Bonchev–Trinajstić information content (AvgIpc) is 3.18. The Balaban J connectivity index is 1.22. The van der Waals surface area contributed by atoms with Gasteiger partial charge in [0.2, 0.25) is 5.91 Å². The Hall–Kier alpha value is -3.87. The summed E-state index contributed by atoms with van der Waals surface area (Å²) in [4.78, 5) is 27.9. The van der Waals surface area contributed by atoms with E-state index in [1.54, 1.807) is 17.0 Å². The zero-order valence-corrected chi connectivity index (χ0v) is 17.5. The van der Waals surface area contributed by atoms with Crippen LogP contribution in [0, 0.1) is 5.82 Å². The highest BCUT2D eigenvalue weighted by atomic mass is 19.1. The minimum atomic E-state index is -0.354. The lowest BCUT2D eigenvalue weighted by molar-refractivity contribution is -0.121. The number of halogens is 1. The number of anilines is 1. The summed E-state index contributed by atoms with van der Waals surface area (Å²) in [5.41, 5.74) is 2.65. The van der Waals surface area contributed by atoms with Gasteiger partial charge in [0.25, 0.3) is 0 Å². The fraction of sp³-hybridized carbons (Fsp3) is 0.200. The molecule has 0 bridgehead atoms. The van der Waals surface area contributed by atoms with Gasteiger partial charge in [0, 0.05) is 25.3 Å². The van der Waals surface area contributed by atoms with E-state index in [0.29, 0.717) is 31.9 Å². The van der Waals surface area contributed by atoms with Gasteiger partial charge in [0.15, 0.2) is 0 Å². The second-order valence-electron chi connectivity index (χ2n) is 7.53. The Morgan fingerprint density at radius 3 is 2.34 bits per heavy atom. The standard InChI is InChI=1S/C25H24FN3O3/c26-21-8-10-22(11-9-21)29-15-14-28(25(29)31)17-24(30)27-16-19-6-12-23(13-7-19)32-18-20-4-2-1-3-5-20/h1-13H,14-18H2,(H,27,30). The molecule has 164 valence electrons. The topological polar surface area (TPSA) is 61.9 Å². The van der Waals surface area contributed by atoms with Gasteiger partial charge in [0.1, 0.15) is 24.7 Å². The van der Waals surface area contributed by atoms with Crippen LogP contribution in [0.2, 0.25) is 0 Å². The fourth-order valence-corrected chi connectivity index (χ4v) is 3.46. The first kappa shape index (κ1) is 21.4. The number of urea groups is 1. The zero-order chi connectivity index (χ0) is 22.3. The third-order valence-corrected chi connectivity index (χ3v) is 5.23. The smallest absolute Gasteiger partial charge is 0.325 e. The third-order valence-electron chi connectivity index (χ3n) is 5.23. The Kier molecular flexibility index (Phi) is 6.65. The second kappa shape index (κ2) is 9.96. The number of hydrogen-bond donors (Lipinski definition) is 1. The van der Waals surface area contributed by atoms with Gasteiger partial charge in [-0.05, 0) is 47.5 Å². The molecule has 6 nitrogen and oxygen atoms in total. The maximum atomic E-state index is 13.1. The van der Waals surface area contributed by atoms with Gasteiger partial charge in [-0.25, -0.2) is 9.18 Å². The number of hydrogen-bond acceptors (Lipinski definition) is 3. The van der Waals surface area contributed by atoms with E-state index in [0.717, 1.165) is 16.9 Å². The first-order valence-electron chi connectivity index (χ1n) is 10.4. The van der Waals surface area contributed by atoms with Crippen LogP contribution in [0.15, 0.2) is 78.9 Å². The van der Waals surface area contributed by atoms with Crippen LogP contribution < -0.4 is 15.0 Å². The Bertz CT molecular complexity index is 1060. The molecule has 0 saturated carbocycles. The Morgan fingerprint density at radius 1 is 0.906 bits per heavy atom. The van der Waals surface area contributed by atoms with Crippen LogP contribution in [0.3, 0.4) is 0 Å². The highest BCUT2D eigenvalue weighted by Gasteiger charge is 2.30. The van der Waals surface area contributed by atoms with Crippen molar-refractivity contribution in [1.82, 2.24) is 10.2 Å². The summed E-state index contributed by atoms with van der Waals surface area (Å²) in [5, 5.41) is 2.84. The van der Waals surface area contributed by atoms with Crippen molar-refractivity contribution in [2.75, 3.05) is 24.5 Å². The van der Waals surface area contributed by atoms with Crippen molar-refractivity contribution < 1.29 is 18.7 Å². The van der Waals surface area contributed by atoms with E-state index in [4.69, 9.17) is 4.74 Å². The monoisotopic (exact) mass is 433 g/mol. The lowest BCUT2D eigenvalue weighted by atomic mass is 10.2. The van der Waals surface area contributed by atoms with E-state index in [1.807, 2.05) is 54.6 Å². The average molecular weight is 433 g/mol. The quantitative estimate of drug-likeness (QED) is 0.585. The van der Waals surface area contributed by atoms with Gasteiger partial charge in [0.05, 0.1) is 0 Å².